The minimum absolute atomic E-state index is 0.0225. The lowest BCUT2D eigenvalue weighted by molar-refractivity contribution is -0.0470. The molecule has 0 aliphatic carbocycles. The highest BCUT2D eigenvalue weighted by Crippen LogP contribution is 2.38. The maximum absolute atomic E-state index is 12.3. The van der Waals surface area contributed by atoms with Crippen LogP contribution in [0.5, 0.6) is 0 Å². The monoisotopic (exact) mass is 386 g/mol. The fraction of sp³-hybridized carbons (Fsp3) is 0.385. The van der Waals surface area contributed by atoms with Crippen molar-refractivity contribution < 1.29 is 28.9 Å². The van der Waals surface area contributed by atoms with Gasteiger partial charge in [-0.25, -0.2) is 19.3 Å². The minimum atomic E-state index is -4.47. The molecule has 0 bridgehead atoms. The molecular weight excluding hydrogens is 371 g/mol. The summed E-state index contributed by atoms with van der Waals surface area (Å²) in [4.78, 5) is 51.8. The number of hydrogen-bond acceptors (Lipinski definition) is 8. The third-order valence-electron chi connectivity index (χ3n) is 3.85. The first kappa shape index (κ1) is 18.6. The Morgan fingerprint density at radius 3 is 2.81 bits per heavy atom. The van der Waals surface area contributed by atoms with Crippen molar-refractivity contribution in [1.82, 2.24) is 19.5 Å². The predicted molar refractivity (Wildman–Crippen MR) is 86.3 cm³/mol. The van der Waals surface area contributed by atoms with E-state index < -0.39 is 43.4 Å². The molecule has 1 aliphatic rings. The van der Waals surface area contributed by atoms with E-state index in [1.165, 1.54) is 13.3 Å². The van der Waals surface area contributed by atoms with Crippen LogP contribution in [0.4, 0.5) is 0 Å². The van der Waals surface area contributed by atoms with Crippen LogP contribution in [-0.2, 0) is 14.0 Å². The highest BCUT2D eigenvalue weighted by molar-refractivity contribution is 7.55. The molecule has 0 aromatic carbocycles. The van der Waals surface area contributed by atoms with Crippen LogP contribution in [0.15, 0.2) is 34.0 Å². The summed E-state index contributed by atoms with van der Waals surface area (Å²) in [6.45, 7) is 0. The molecule has 2 aromatic rings. The highest BCUT2D eigenvalue weighted by Gasteiger charge is 2.45. The predicted octanol–water partition coefficient (Wildman–Crippen LogP) is -1.56. The van der Waals surface area contributed by atoms with Gasteiger partial charge in [0.15, 0.2) is 11.9 Å². The summed E-state index contributed by atoms with van der Waals surface area (Å²) in [6, 6.07) is 0. The Bertz CT molecular complexity index is 1010. The first-order chi connectivity index (χ1) is 12.2. The molecule has 0 spiro atoms. The van der Waals surface area contributed by atoms with E-state index in [4.69, 9.17) is 19.3 Å². The van der Waals surface area contributed by atoms with Gasteiger partial charge in [-0.05, 0) is 6.08 Å². The molecule has 3 rings (SSSR count). The van der Waals surface area contributed by atoms with Gasteiger partial charge < -0.3 is 24.4 Å². The van der Waals surface area contributed by atoms with Crippen LogP contribution in [0.3, 0.4) is 0 Å². The quantitative estimate of drug-likeness (QED) is 0.450. The van der Waals surface area contributed by atoms with E-state index in [0.717, 1.165) is 17.0 Å². The van der Waals surface area contributed by atoms with E-state index in [1.54, 1.807) is 0 Å². The molecule has 1 aliphatic heterocycles. The van der Waals surface area contributed by atoms with Gasteiger partial charge in [0.05, 0.1) is 0 Å². The van der Waals surface area contributed by atoms with Gasteiger partial charge in [-0.15, -0.1) is 0 Å². The number of aromatic nitrogens is 4. The third-order valence-corrected chi connectivity index (χ3v) is 4.41. The van der Waals surface area contributed by atoms with Crippen molar-refractivity contribution in [2.45, 2.75) is 24.5 Å². The second-order valence-corrected chi connectivity index (χ2v) is 6.98. The van der Waals surface area contributed by atoms with Crippen LogP contribution in [0.2, 0.25) is 0 Å². The number of aromatic amines is 1. The fourth-order valence-corrected chi connectivity index (χ4v) is 3.12. The van der Waals surface area contributed by atoms with Crippen molar-refractivity contribution >= 4 is 18.6 Å². The number of nitrogens with zero attached hydrogens (tertiary/aromatic N) is 3. The standard InChI is InChI=1S/C13H15N4O8P/c1-24-9-8(18)7(2-3-26(21,22)23)25-12(9)17-10-6(4-14-5-15-10)11(19)16-13(17)20/h2-5,7-9,12,18H,1H3,(H,16,19,20)(H2,21,22,23)/b3-2+/t7-,8-,9-,12-/m1/s1. The Balaban J connectivity index is 2.11. The number of aliphatic hydroxyl groups excluding tert-OH is 1. The van der Waals surface area contributed by atoms with Gasteiger partial charge in [-0.1, -0.05) is 0 Å². The molecule has 3 heterocycles. The summed E-state index contributed by atoms with van der Waals surface area (Å²) in [7, 11) is -3.20. The molecule has 4 atom stereocenters. The van der Waals surface area contributed by atoms with E-state index in [9.17, 15) is 19.3 Å². The number of methoxy groups -OCH3 is 1. The summed E-state index contributed by atoms with van der Waals surface area (Å²) in [5, 5.41) is 10.3. The lowest BCUT2D eigenvalue weighted by atomic mass is 10.1. The minimum Gasteiger partial charge on any atom is -0.387 e. The van der Waals surface area contributed by atoms with Crippen LogP contribution >= 0.6 is 7.60 Å². The summed E-state index contributed by atoms with van der Waals surface area (Å²) >= 11 is 0. The summed E-state index contributed by atoms with van der Waals surface area (Å²) in [5.74, 6) is 0.589. The molecule has 0 radical (unpaired) electrons. The van der Waals surface area contributed by atoms with Crippen molar-refractivity contribution in [1.29, 1.82) is 0 Å². The van der Waals surface area contributed by atoms with Crippen LogP contribution in [0.25, 0.3) is 11.0 Å². The third kappa shape index (κ3) is 3.38. The van der Waals surface area contributed by atoms with E-state index in [2.05, 4.69) is 15.0 Å². The zero-order valence-electron chi connectivity index (χ0n) is 13.3. The van der Waals surface area contributed by atoms with Gasteiger partial charge in [0.1, 0.15) is 30.0 Å². The number of aliphatic hydroxyl groups is 1. The van der Waals surface area contributed by atoms with Crippen LogP contribution in [0, 0.1) is 0 Å². The summed E-state index contributed by atoms with van der Waals surface area (Å²) in [6.07, 6.45) is -1.42. The molecule has 0 saturated carbocycles. The first-order valence-corrected chi connectivity index (χ1v) is 8.96. The van der Waals surface area contributed by atoms with Gasteiger partial charge in [-0.3, -0.25) is 14.3 Å². The van der Waals surface area contributed by atoms with Gasteiger partial charge >= 0.3 is 13.3 Å². The second-order valence-electron chi connectivity index (χ2n) is 5.50. The normalized spacial score (nSPS) is 26.8. The largest absolute Gasteiger partial charge is 0.387 e. The average molecular weight is 386 g/mol. The van der Waals surface area contributed by atoms with Gasteiger partial charge in [0, 0.05) is 19.1 Å². The zero-order chi connectivity index (χ0) is 19.1. The van der Waals surface area contributed by atoms with Crippen molar-refractivity contribution in [2.75, 3.05) is 7.11 Å². The molecule has 140 valence electrons. The number of nitrogens with one attached hydrogen (secondary N) is 1. The van der Waals surface area contributed by atoms with Gasteiger partial charge in [0.25, 0.3) is 5.56 Å². The molecule has 13 heteroatoms. The molecule has 1 fully saturated rings. The second kappa shape index (κ2) is 6.83. The number of ether oxygens (including phenoxy) is 2. The van der Waals surface area contributed by atoms with Crippen LogP contribution in [0.1, 0.15) is 6.23 Å². The van der Waals surface area contributed by atoms with Crippen LogP contribution in [-0.4, -0.2) is 59.8 Å². The van der Waals surface area contributed by atoms with Crippen molar-refractivity contribution in [2.24, 2.45) is 0 Å². The van der Waals surface area contributed by atoms with E-state index >= 15 is 0 Å². The lowest BCUT2D eigenvalue weighted by Gasteiger charge is -2.21. The molecule has 0 unspecified atom stereocenters. The van der Waals surface area contributed by atoms with Crippen molar-refractivity contribution in [3.05, 3.63) is 45.3 Å². The SMILES string of the molecule is CO[C@@H]1[C@H](O)[C@@H](/C=C/P(=O)(O)O)O[C@H]1n1c(=O)[nH]c(=O)c2cncnc21. The number of fused-ring (bicyclic) bond motifs is 1. The molecule has 2 aromatic heterocycles. The molecule has 1 saturated heterocycles. The van der Waals surface area contributed by atoms with E-state index in [-0.39, 0.29) is 11.0 Å². The maximum atomic E-state index is 12.3. The fourth-order valence-electron chi connectivity index (χ4n) is 2.73. The average Bonchev–Trinajstić information content (AvgIpc) is 2.88. The Kier molecular flexibility index (Phi) is 4.88. The molecule has 4 N–H and O–H groups in total. The molecule has 0 amide bonds. The first-order valence-electron chi connectivity index (χ1n) is 7.28. The van der Waals surface area contributed by atoms with E-state index in [0.29, 0.717) is 5.82 Å². The topological polar surface area (TPSA) is 177 Å². The summed E-state index contributed by atoms with van der Waals surface area (Å²) < 4.78 is 22.7. The Labute approximate surface area is 144 Å². The van der Waals surface area contributed by atoms with E-state index in [1.807, 2.05) is 0 Å². The maximum Gasteiger partial charge on any atom is 0.348 e. The number of hydrogen-bond donors (Lipinski definition) is 4. The Morgan fingerprint density at radius 2 is 2.15 bits per heavy atom. The smallest absolute Gasteiger partial charge is 0.348 e. The Hall–Kier alpha value is -2.21. The number of rotatable bonds is 4. The van der Waals surface area contributed by atoms with Crippen molar-refractivity contribution in [3.8, 4) is 0 Å². The van der Waals surface area contributed by atoms with Crippen molar-refractivity contribution in [3.63, 3.8) is 0 Å². The van der Waals surface area contributed by atoms with Gasteiger partial charge in [0.2, 0.25) is 0 Å². The highest BCUT2D eigenvalue weighted by atomic mass is 31.2. The lowest BCUT2D eigenvalue weighted by Crippen LogP contribution is -2.39. The number of H-pyrrole nitrogens is 1. The molecular formula is C13H15N4O8P. The Morgan fingerprint density at radius 1 is 1.42 bits per heavy atom. The zero-order valence-corrected chi connectivity index (χ0v) is 14.2. The van der Waals surface area contributed by atoms with Gasteiger partial charge in [-0.2, -0.15) is 0 Å². The van der Waals surface area contributed by atoms with Crippen LogP contribution < -0.4 is 11.2 Å². The summed E-state index contributed by atoms with van der Waals surface area (Å²) in [5.41, 5.74) is -1.57. The molecule has 26 heavy (non-hydrogen) atoms. The molecule has 12 nitrogen and oxygen atoms in total.